The Labute approximate surface area is 107 Å². The standard InChI is InChI=1S/C12H20ClNOS/c1-11(2,3)14-7-6-12(4,15)10-9(13)5-8-16-10/h5,8,14-15H,6-7H2,1-4H3. The summed E-state index contributed by atoms with van der Waals surface area (Å²) in [6.45, 7) is 8.92. The van der Waals surface area contributed by atoms with E-state index in [4.69, 9.17) is 11.6 Å². The maximum Gasteiger partial charge on any atom is 0.0986 e. The highest BCUT2D eigenvalue weighted by Gasteiger charge is 2.27. The summed E-state index contributed by atoms with van der Waals surface area (Å²) in [5.41, 5.74) is -0.765. The van der Waals surface area contributed by atoms with Crippen LogP contribution in [0.5, 0.6) is 0 Å². The van der Waals surface area contributed by atoms with Crippen LogP contribution in [0.15, 0.2) is 11.4 Å². The van der Waals surface area contributed by atoms with Gasteiger partial charge < -0.3 is 10.4 Å². The van der Waals surface area contributed by atoms with E-state index in [0.29, 0.717) is 11.4 Å². The zero-order chi connectivity index (χ0) is 12.4. The molecule has 1 heterocycles. The molecule has 16 heavy (non-hydrogen) atoms. The molecule has 0 spiro atoms. The fourth-order valence-corrected chi connectivity index (χ4v) is 2.82. The first-order chi connectivity index (χ1) is 7.22. The van der Waals surface area contributed by atoms with Gasteiger partial charge in [-0.15, -0.1) is 11.3 Å². The van der Waals surface area contributed by atoms with Gasteiger partial charge in [-0.05, 0) is 52.1 Å². The third kappa shape index (κ3) is 4.06. The Balaban J connectivity index is 2.56. The summed E-state index contributed by atoms with van der Waals surface area (Å²) in [5, 5.41) is 16.3. The van der Waals surface area contributed by atoms with E-state index < -0.39 is 5.60 Å². The van der Waals surface area contributed by atoms with Crippen molar-refractivity contribution in [2.24, 2.45) is 0 Å². The molecular weight excluding hydrogens is 242 g/mol. The van der Waals surface area contributed by atoms with Crippen molar-refractivity contribution in [3.05, 3.63) is 21.3 Å². The first-order valence-electron chi connectivity index (χ1n) is 5.43. The predicted molar refractivity (Wildman–Crippen MR) is 71.3 cm³/mol. The molecule has 0 fully saturated rings. The van der Waals surface area contributed by atoms with Crippen molar-refractivity contribution in [1.82, 2.24) is 5.32 Å². The third-order valence-corrected chi connectivity index (χ3v) is 3.97. The molecule has 1 atom stereocenters. The van der Waals surface area contributed by atoms with Crippen molar-refractivity contribution in [2.75, 3.05) is 6.54 Å². The molecule has 92 valence electrons. The molecule has 0 aromatic carbocycles. The monoisotopic (exact) mass is 261 g/mol. The van der Waals surface area contributed by atoms with Gasteiger partial charge in [0, 0.05) is 5.54 Å². The first-order valence-corrected chi connectivity index (χ1v) is 6.69. The summed E-state index contributed by atoms with van der Waals surface area (Å²) < 4.78 is 0. The van der Waals surface area contributed by atoms with Gasteiger partial charge in [-0.1, -0.05) is 11.6 Å². The second-order valence-electron chi connectivity index (χ2n) is 5.30. The maximum absolute atomic E-state index is 10.3. The van der Waals surface area contributed by atoms with Gasteiger partial charge in [-0.3, -0.25) is 0 Å². The Morgan fingerprint density at radius 2 is 2.00 bits per heavy atom. The number of thiophene rings is 1. The first kappa shape index (κ1) is 14.0. The molecule has 2 nitrogen and oxygen atoms in total. The molecular formula is C12H20ClNOS. The Morgan fingerprint density at radius 1 is 1.38 bits per heavy atom. The van der Waals surface area contributed by atoms with Gasteiger partial charge in [0.15, 0.2) is 0 Å². The second-order valence-corrected chi connectivity index (χ2v) is 6.62. The summed E-state index contributed by atoms with van der Waals surface area (Å²) in [7, 11) is 0. The summed E-state index contributed by atoms with van der Waals surface area (Å²) in [4.78, 5) is 0.852. The van der Waals surface area contributed by atoms with Gasteiger partial charge in [0.2, 0.25) is 0 Å². The van der Waals surface area contributed by atoms with Crippen LogP contribution in [0.4, 0.5) is 0 Å². The van der Waals surface area contributed by atoms with E-state index in [1.807, 2.05) is 18.4 Å². The number of aliphatic hydroxyl groups is 1. The predicted octanol–water partition coefficient (Wildman–Crippen LogP) is 3.39. The molecule has 0 aliphatic carbocycles. The lowest BCUT2D eigenvalue weighted by Crippen LogP contribution is -2.39. The lowest BCUT2D eigenvalue weighted by molar-refractivity contribution is 0.0502. The van der Waals surface area contributed by atoms with Crippen LogP contribution in [-0.4, -0.2) is 17.2 Å². The summed E-state index contributed by atoms with van der Waals surface area (Å²) >= 11 is 7.53. The van der Waals surface area contributed by atoms with Crippen LogP contribution < -0.4 is 5.32 Å². The summed E-state index contributed by atoms with van der Waals surface area (Å²) in [5.74, 6) is 0. The number of rotatable bonds is 4. The van der Waals surface area contributed by atoms with Gasteiger partial charge in [0.1, 0.15) is 0 Å². The molecule has 0 aliphatic rings. The van der Waals surface area contributed by atoms with Crippen molar-refractivity contribution >= 4 is 22.9 Å². The molecule has 1 aromatic heterocycles. The van der Waals surface area contributed by atoms with Crippen LogP contribution in [0.3, 0.4) is 0 Å². The van der Waals surface area contributed by atoms with E-state index in [1.54, 1.807) is 0 Å². The van der Waals surface area contributed by atoms with E-state index in [2.05, 4.69) is 26.1 Å². The average molecular weight is 262 g/mol. The maximum atomic E-state index is 10.3. The SMILES string of the molecule is CC(C)(C)NCCC(C)(O)c1sccc1Cl. The molecule has 0 bridgehead atoms. The van der Waals surface area contributed by atoms with Gasteiger partial charge in [-0.25, -0.2) is 0 Å². The van der Waals surface area contributed by atoms with Crippen molar-refractivity contribution < 1.29 is 5.11 Å². The fourth-order valence-electron chi connectivity index (χ4n) is 1.47. The Hall–Kier alpha value is -0.0900. The zero-order valence-corrected chi connectivity index (χ0v) is 11.9. The van der Waals surface area contributed by atoms with Crippen LogP contribution in [0.25, 0.3) is 0 Å². The minimum absolute atomic E-state index is 0.0787. The summed E-state index contributed by atoms with van der Waals surface area (Å²) in [6.07, 6.45) is 0.657. The molecule has 1 rings (SSSR count). The van der Waals surface area contributed by atoms with Crippen LogP contribution in [0, 0.1) is 0 Å². The van der Waals surface area contributed by atoms with Crippen LogP contribution in [-0.2, 0) is 5.60 Å². The second kappa shape index (κ2) is 5.05. The topological polar surface area (TPSA) is 32.3 Å². The third-order valence-electron chi connectivity index (χ3n) is 2.37. The highest BCUT2D eigenvalue weighted by atomic mass is 35.5. The molecule has 0 amide bonds. The molecule has 0 aliphatic heterocycles. The Bertz CT molecular complexity index is 341. The van der Waals surface area contributed by atoms with Crippen molar-refractivity contribution in [3.8, 4) is 0 Å². The van der Waals surface area contributed by atoms with E-state index in [0.717, 1.165) is 11.4 Å². The highest BCUT2D eigenvalue weighted by Crippen LogP contribution is 2.34. The minimum atomic E-state index is -0.844. The lowest BCUT2D eigenvalue weighted by atomic mass is 9.99. The number of halogens is 1. The van der Waals surface area contributed by atoms with E-state index in [-0.39, 0.29) is 5.54 Å². The normalized spacial score (nSPS) is 16.1. The summed E-state index contributed by atoms with van der Waals surface area (Å²) in [6, 6.07) is 1.83. The van der Waals surface area contributed by atoms with Gasteiger partial charge in [0.25, 0.3) is 0 Å². The van der Waals surface area contributed by atoms with Crippen LogP contribution in [0.1, 0.15) is 39.0 Å². The fraction of sp³-hybridized carbons (Fsp3) is 0.667. The van der Waals surface area contributed by atoms with Gasteiger partial charge in [0.05, 0.1) is 15.5 Å². The molecule has 0 saturated carbocycles. The number of hydrogen-bond donors (Lipinski definition) is 2. The van der Waals surface area contributed by atoms with Crippen molar-refractivity contribution in [3.63, 3.8) is 0 Å². The quantitative estimate of drug-likeness (QED) is 0.871. The molecule has 0 saturated heterocycles. The molecule has 4 heteroatoms. The zero-order valence-electron chi connectivity index (χ0n) is 10.3. The van der Waals surface area contributed by atoms with Gasteiger partial charge >= 0.3 is 0 Å². The molecule has 1 unspecified atom stereocenters. The smallest absolute Gasteiger partial charge is 0.0986 e. The van der Waals surface area contributed by atoms with E-state index in [1.165, 1.54) is 11.3 Å². The average Bonchev–Trinajstić information content (AvgIpc) is 2.48. The number of nitrogens with one attached hydrogen (secondary N) is 1. The number of hydrogen-bond acceptors (Lipinski definition) is 3. The molecule has 1 aromatic rings. The highest BCUT2D eigenvalue weighted by molar-refractivity contribution is 7.10. The lowest BCUT2D eigenvalue weighted by Gasteiger charge is -2.26. The van der Waals surface area contributed by atoms with Crippen LogP contribution in [0.2, 0.25) is 5.02 Å². The van der Waals surface area contributed by atoms with Crippen LogP contribution >= 0.6 is 22.9 Å². The Morgan fingerprint density at radius 3 is 2.44 bits per heavy atom. The van der Waals surface area contributed by atoms with Crippen molar-refractivity contribution in [1.29, 1.82) is 0 Å². The van der Waals surface area contributed by atoms with Crippen molar-refractivity contribution in [2.45, 2.75) is 45.3 Å². The van der Waals surface area contributed by atoms with Gasteiger partial charge in [-0.2, -0.15) is 0 Å². The largest absolute Gasteiger partial charge is 0.385 e. The Kier molecular flexibility index (Phi) is 4.41. The molecule has 2 N–H and O–H groups in total. The van der Waals surface area contributed by atoms with E-state index in [9.17, 15) is 5.11 Å². The minimum Gasteiger partial charge on any atom is -0.385 e. The van der Waals surface area contributed by atoms with E-state index >= 15 is 0 Å². The molecule has 0 radical (unpaired) electrons.